The van der Waals surface area contributed by atoms with Crippen molar-refractivity contribution in [2.24, 2.45) is 0 Å². The summed E-state index contributed by atoms with van der Waals surface area (Å²) >= 11 is 0. The molecule has 1 aromatic carbocycles. The van der Waals surface area contributed by atoms with Gasteiger partial charge in [0.2, 0.25) is 0 Å². The van der Waals surface area contributed by atoms with Crippen LogP contribution < -0.4 is 10.6 Å². The van der Waals surface area contributed by atoms with Crippen LogP contribution in [0.1, 0.15) is 49.5 Å². The smallest absolute Gasteiger partial charge is 0.317 e. The number of carbonyl (C=O) groups excluding carboxylic acids is 2. The van der Waals surface area contributed by atoms with E-state index in [0.717, 1.165) is 0 Å². The summed E-state index contributed by atoms with van der Waals surface area (Å²) in [6, 6.07) is 5.07. The fourth-order valence-corrected chi connectivity index (χ4v) is 2.73. The lowest BCUT2D eigenvalue weighted by Gasteiger charge is -2.34. The van der Waals surface area contributed by atoms with Crippen molar-refractivity contribution in [1.29, 1.82) is 0 Å². The molecule has 0 spiro atoms. The van der Waals surface area contributed by atoms with Crippen LogP contribution in [0.5, 0.6) is 5.75 Å². The highest BCUT2D eigenvalue weighted by atomic mass is 16.3. The van der Waals surface area contributed by atoms with Crippen LogP contribution in [0, 0.1) is 6.92 Å². The fourth-order valence-electron chi connectivity index (χ4n) is 2.73. The maximum atomic E-state index is 12.3. The fraction of sp³-hybridized carbons (Fsp3) is 0.556. The largest absolute Gasteiger partial charge is 0.507 e. The third-order valence-corrected chi connectivity index (χ3v) is 4.08. The molecule has 0 unspecified atom stereocenters. The maximum Gasteiger partial charge on any atom is 0.317 e. The minimum Gasteiger partial charge on any atom is -0.507 e. The van der Waals surface area contributed by atoms with Crippen LogP contribution in [0.25, 0.3) is 0 Å². The molecule has 6 heteroatoms. The summed E-state index contributed by atoms with van der Waals surface area (Å²) in [6.07, 6.45) is 1.41. The van der Waals surface area contributed by atoms with E-state index in [1.807, 2.05) is 20.8 Å². The molecule has 24 heavy (non-hydrogen) atoms. The molecule has 6 nitrogen and oxygen atoms in total. The molecule has 1 heterocycles. The number of nitrogens with zero attached hydrogens (tertiary/aromatic N) is 1. The second kappa shape index (κ2) is 7.11. The Hall–Kier alpha value is -2.24. The van der Waals surface area contributed by atoms with Gasteiger partial charge in [-0.3, -0.25) is 4.79 Å². The number of urea groups is 1. The van der Waals surface area contributed by atoms with Crippen LogP contribution in [0.2, 0.25) is 0 Å². The molecule has 1 aromatic rings. The van der Waals surface area contributed by atoms with Gasteiger partial charge in [0.15, 0.2) is 0 Å². The van der Waals surface area contributed by atoms with Crippen LogP contribution in [0.3, 0.4) is 0 Å². The Morgan fingerprint density at radius 3 is 2.42 bits per heavy atom. The number of hydrogen-bond acceptors (Lipinski definition) is 3. The number of likely N-dealkylation sites (tertiary alicyclic amines) is 1. The summed E-state index contributed by atoms with van der Waals surface area (Å²) in [5.74, 6) is -0.245. The number of benzene rings is 1. The summed E-state index contributed by atoms with van der Waals surface area (Å²) in [5.41, 5.74) is 0.712. The number of para-hydroxylation sites is 1. The third kappa shape index (κ3) is 4.63. The lowest BCUT2D eigenvalue weighted by Crippen LogP contribution is -2.53. The molecule has 1 saturated heterocycles. The van der Waals surface area contributed by atoms with Crippen LogP contribution in [0.4, 0.5) is 4.79 Å². The van der Waals surface area contributed by atoms with E-state index in [0.29, 0.717) is 37.1 Å². The molecule has 1 fully saturated rings. The number of phenolic OH excluding ortho intramolecular Hbond substituents is 1. The van der Waals surface area contributed by atoms with Crippen molar-refractivity contribution in [3.05, 3.63) is 29.3 Å². The second-order valence-electron chi connectivity index (χ2n) is 7.39. The Balaban J connectivity index is 1.88. The van der Waals surface area contributed by atoms with Crippen molar-refractivity contribution in [3.63, 3.8) is 0 Å². The standard InChI is InChI=1S/C18H27N3O3/c1-12-6-5-7-14(15(12)22)16(23)19-13-8-10-21(11-9-13)17(24)20-18(2,3)4/h5-7,13,22H,8-11H2,1-4H3,(H,19,23)(H,20,24). The number of nitrogens with one attached hydrogen (secondary N) is 2. The third-order valence-electron chi connectivity index (χ3n) is 4.08. The Morgan fingerprint density at radius 2 is 1.83 bits per heavy atom. The predicted octanol–water partition coefficient (Wildman–Crippen LogP) is 2.40. The molecule has 0 radical (unpaired) electrons. The van der Waals surface area contributed by atoms with E-state index in [2.05, 4.69) is 10.6 Å². The molecule has 2 rings (SSSR count). The number of phenols is 1. The molecule has 0 bridgehead atoms. The molecule has 0 saturated carbocycles. The number of aryl methyl sites for hydroxylation is 1. The summed E-state index contributed by atoms with van der Waals surface area (Å²) < 4.78 is 0. The van der Waals surface area contributed by atoms with Gasteiger partial charge in [0.05, 0.1) is 5.56 Å². The topological polar surface area (TPSA) is 81.7 Å². The number of hydrogen-bond donors (Lipinski definition) is 3. The van der Waals surface area contributed by atoms with Crippen molar-refractivity contribution in [2.75, 3.05) is 13.1 Å². The highest BCUT2D eigenvalue weighted by molar-refractivity contribution is 5.97. The minimum atomic E-state index is -0.270. The van der Waals surface area contributed by atoms with E-state index < -0.39 is 0 Å². The van der Waals surface area contributed by atoms with Gasteiger partial charge in [-0.05, 0) is 52.2 Å². The summed E-state index contributed by atoms with van der Waals surface area (Å²) in [5, 5.41) is 15.9. The van der Waals surface area contributed by atoms with Gasteiger partial charge < -0.3 is 20.6 Å². The molecule has 0 atom stereocenters. The average Bonchev–Trinajstić information content (AvgIpc) is 2.49. The van der Waals surface area contributed by atoms with Gasteiger partial charge in [-0.15, -0.1) is 0 Å². The first-order valence-corrected chi connectivity index (χ1v) is 8.34. The molecule has 3 N–H and O–H groups in total. The van der Waals surface area contributed by atoms with Gasteiger partial charge in [0.1, 0.15) is 5.75 Å². The maximum absolute atomic E-state index is 12.3. The van der Waals surface area contributed by atoms with E-state index in [1.54, 1.807) is 30.0 Å². The predicted molar refractivity (Wildman–Crippen MR) is 93.2 cm³/mol. The Bertz CT molecular complexity index is 614. The van der Waals surface area contributed by atoms with Crippen LogP contribution >= 0.6 is 0 Å². The Morgan fingerprint density at radius 1 is 1.21 bits per heavy atom. The minimum absolute atomic E-state index is 0.0103. The molecule has 3 amide bonds. The van der Waals surface area contributed by atoms with Crippen molar-refractivity contribution < 1.29 is 14.7 Å². The molecule has 1 aliphatic heterocycles. The zero-order valence-electron chi connectivity index (χ0n) is 14.8. The zero-order valence-corrected chi connectivity index (χ0v) is 14.8. The average molecular weight is 333 g/mol. The lowest BCUT2D eigenvalue weighted by atomic mass is 10.0. The van der Waals surface area contributed by atoms with E-state index in [1.165, 1.54) is 0 Å². The van der Waals surface area contributed by atoms with E-state index in [-0.39, 0.29) is 29.3 Å². The van der Waals surface area contributed by atoms with Crippen LogP contribution in [-0.2, 0) is 0 Å². The number of amides is 3. The summed E-state index contributed by atoms with van der Waals surface area (Å²) in [4.78, 5) is 26.2. The molecule has 1 aliphatic rings. The summed E-state index contributed by atoms with van der Waals surface area (Å²) in [6.45, 7) is 8.82. The number of rotatable bonds is 2. The number of piperidine rings is 1. The zero-order chi connectivity index (χ0) is 17.9. The van der Waals surface area contributed by atoms with Gasteiger partial charge in [-0.1, -0.05) is 12.1 Å². The van der Waals surface area contributed by atoms with Gasteiger partial charge in [-0.2, -0.15) is 0 Å². The molecule has 0 aromatic heterocycles. The van der Waals surface area contributed by atoms with Crippen molar-refractivity contribution in [3.8, 4) is 5.75 Å². The highest BCUT2D eigenvalue weighted by Gasteiger charge is 2.26. The van der Waals surface area contributed by atoms with Gasteiger partial charge in [0, 0.05) is 24.7 Å². The highest BCUT2D eigenvalue weighted by Crippen LogP contribution is 2.22. The molecule has 0 aliphatic carbocycles. The summed E-state index contributed by atoms with van der Waals surface area (Å²) in [7, 11) is 0. The van der Waals surface area contributed by atoms with Gasteiger partial charge >= 0.3 is 6.03 Å². The number of carbonyl (C=O) groups is 2. The van der Waals surface area contributed by atoms with E-state index >= 15 is 0 Å². The van der Waals surface area contributed by atoms with E-state index in [9.17, 15) is 14.7 Å². The Kier molecular flexibility index (Phi) is 5.36. The second-order valence-corrected chi connectivity index (χ2v) is 7.39. The SMILES string of the molecule is Cc1cccc(C(=O)NC2CCN(C(=O)NC(C)(C)C)CC2)c1O. The van der Waals surface area contributed by atoms with Gasteiger partial charge in [-0.25, -0.2) is 4.79 Å². The van der Waals surface area contributed by atoms with Crippen LogP contribution in [-0.4, -0.2) is 46.6 Å². The lowest BCUT2D eigenvalue weighted by molar-refractivity contribution is 0.0914. The van der Waals surface area contributed by atoms with Gasteiger partial charge in [0.25, 0.3) is 5.91 Å². The first-order valence-electron chi connectivity index (χ1n) is 8.34. The monoisotopic (exact) mass is 333 g/mol. The van der Waals surface area contributed by atoms with Crippen molar-refractivity contribution in [2.45, 2.75) is 52.1 Å². The molecule has 132 valence electrons. The molecular weight excluding hydrogens is 306 g/mol. The first kappa shape index (κ1) is 18.1. The number of aromatic hydroxyl groups is 1. The Labute approximate surface area is 143 Å². The van der Waals surface area contributed by atoms with Crippen molar-refractivity contribution in [1.82, 2.24) is 15.5 Å². The first-order chi connectivity index (χ1) is 11.2. The van der Waals surface area contributed by atoms with Crippen LogP contribution in [0.15, 0.2) is 18.2 Å². The van der Waals surface area contributed by atoms with E-state index in [4.69, 9.17) is 0 Å². The quantitative estimate of drug-likeness (QED) is 0.777. The van der Waals surface area contributed by atoms with Crippen molar-refractivity contribution >= 4 is 11.9 Å². The molecular formula is C18H27N3O3. The normalized spacial score (nSPS) is 15.9.